The highest BCUT2D eigenvalue weighted by molar-refractivity contribution is 7.74. The molecule has 1 fully saturated rings. The molecular formula is C4H8ClOP. The molecule has 1 saturated carbocycles. The van der Waals surface area contributed by atoms with Gasteiger partial charge < -0.3 is 4.57 Å². The summed E-state index contributed by atoms with van der Waals surface area (Å²) in [5.74, 6) is 0. The monoisotopic (exact) mass is 138 g/mol. The molecule has 0 aliphatic heterocycles. The summed E-state index contributed by atoms with van der Waals surface area (Å²) in [6.07, 6.45) is 3.43. The minimum absolute atomic E-state index is 0.395. The molecule has 1 atom stereocenters. The summed E-state index contributed by atoms with van der Waals surface area (Å²) >= 11 is 5.33. The fourth-order valence-electron chi connectivity index (χ4n) is 0.635. The van der Waals surface area contributed by atoms with Gasteiger partial charge in [-0.15, -0.1) is 0 Å². The normalized spacial score (nSPS) is 26.4. The second kappa shape index (κ2) is 2.19. The molecule has 1 aliphatic carbocycles. The topological polar surface area (TPSA) is 17.1 Å². The van der Waals surface area contributed by atoms with Crippen LogP contribution in [0.3, 0.4) is 0 Å². The zero-order chi connectivity index (χ0) is 5.28. The first-order chi connectivity index (χ1) is 3.30. The van der Waals surface area contributed by atoms with Gasteiger partial charge in [-0.25, -0.2) is 0 Å². The first-order valence-corrected chi connectivity index (χ1v) is 5.00. The van der Waals surface area contributed by atoms with Crippen molar-refractivity contribution in [3.63, 3.8) is 0 Å². The van der Waals surface area contributed by atoms with Gasteiger partial charge in [0.25, 0.3) is 0 Å². The van der Waals surface area contributed by atoms with Crippen molar-refractivity contribution in [2.75, 3.05) is 0 Å². The van der Waals surface area contributed by atoms with E-state index in [1.807, 2.05) is 0 Å². The molecule has 0 amide bonds. The van der Waals surface area contributed by atoms with Crippen molar-refractivity contribution in [3.05, 3.63) is 0 Å². The van der Waals surface area contributed by atoms with Gasteiger partial charge in [0.1, 0.15) is 0 Å². The van der Waals surface area contributed by atoms with Gasteiger partial charge in [-0.1, -0.05) is 17.7 Å². The molecule has 1 aliphatic rings. The summed E-state index contributed by atoms with van der Waals surface area (Å²) in [6.45, 7) is 0. The van der Waals surface area contributed by atoms with Gasteiger partial charge in [0.2, 0.25) is 0 Å². The van der Waals surface area contributed by atoms with Crippen molar-refractivity contribution in [1.29, 1.82) is 0 Å². The van der Waals surface area contributed by atoms with Crippen molar-refractivity contribution >= 4 is 18.4 Å². The van der Waals surface area contributed by atoms with Crippen molar-refractivity contribution < 1.29 is 4.57 Å². The third kappa shape index (κ3) is 1.20. The molecule has 0 heterocycles. The predicted molar refractivity (Wildman–Crippen MR) is 32.5 cm³/mol. The van der Waals surface area contributed by atoms with E-state index in [0.717, 1.165) is 12.8 Å². The highest BCUT2D eigenvalue weighted by Gasteiger charge is 2.21. The van der Waals surface area contributed by atoms with E-state index >= 15 is 0 Å². The van der Waals surface area contributed by atoms with Crippen LogP contribution in [0.5, 0.6) is 0 Å². The lowest BCUT2D eigenvalue weighted by Gasteiger charge is -2.21. The minimum Gasteiger partial charge on any atom is -0.310 e. The van der Waals surface area contributed by atoms with Crippen molar-refractivity contribution in [2.24, 2.45) is 0 Å². The third-order valence-electron chi connectivity index (χ3n) is 1.43. The number of hydrogen-bond acceptors (Lipinski definition) is 1. The van der Waals surface area contributed by atoms with Crippen molar-refractivity contribution in [3.8, 4) is 0 Å². The zero-order valence-corrected chi connectivity index (χ0v) is 5.74. The van der Waals surface area contributed by atoms with E-state index in [2.05, 4.69) is 0 Å². The average Bonchev–Trinajstić information content (AvgIpc) is 1.23. The predicted octanol–water partition coefficient (Wildman–Crippen LogP) is 2.25. The van der Waals surface area contributed by atoms with E-state index < -0.39 is 7.15 Å². The highest BCUT2D eigenvalue weighted by atomic mass is 35.7. The fraction of sp³-hybridized carbons (Fsp3) is 1.00. The molecule has 0 aromatic carbocycles. The summed E-state index contributed by atoms with van der Waals surface area (Å²) in [6, 6.07) is 0. The van der Waals surface area contributed by atoms with Crippen LogP contribution in [0.1, 0.15) is 19.3 Å². The van der Waals surface area contributed by atoms with E-state index in [-0.39, 0.29) is 0 Å². The Balaban J connectivity index is 2.27. The Kier molecular flexibility index (Phi) is 1.77. The van der Waals surface area contributed by atoms with Crippen LogP contribution >= 0.6 is 18.4 Å². The average molecular weight is 139 g/mol. The Morgan fingerprint density at radius 3 is 2.14 bits per heavy atom. The van der Waals surface area contributed by atoms with E-state index in [9.17, 15) is 4.57 Å². The van der Waals surface area contributed by atoms with Crippen LogP contribution in [0.4, 0.5) is 0 Å². The number of rotatable bonds is 1. The molecule has 7 heavy (non-hydrogen) atoms. The van der Waals surface area contributed by atoms with Crippen LogP contribution in [-0.2, 0) is 4.57 Å². The third-order valence-corrected chi connectivity index (χ3v) is 3.57. The quantitative estimate of drug-likeness (QED) is 0.508. The van der Waals surface area contributed by atoms with Crippen LogP contribution in [0, 0.1) is 0 Å². The van der Waals surface area contributed by atoms with Crippen LogP contribution in [0.15, 0.2) is 0 Å². The Morgan fingerprint density at radius 1 is 1.57 bits per heavy atom. The first kappa shape index (κ1) is 5.65. The maximum atomic E-state index is 10.4. The van der Waals surface area contributed by atoms with Crippen LogP contribution in [0.25, 0.3) is 0 Å². The molecule has 1 nitrogen and oxygen atoms in total. The SMILES string of the molecule is O=[PH](Cl)C1CCC1. The van der Waals surface area contributed by atoms with Gasteiger partial charge in [0, 0.05) is 5.66 Å². The summed E-state index contributed by atoms with van der Waals surface area (Å²) < 4.78 is 10.4. The fourth-order valence-corrected chi connectivity index (χ4v) is 2.15. The lowest BCUT2D eigenvalue weighted by atomic mass is 10.00. The molecule has 0 radical (unpaired) electrons. The van der Waals surface area contributed by atoms with Gasteiger partial charge in [-0.2, -0.15) is 0 Å². The van der Waals surface area contributed by atoms with E-state index in [4.69, 9.17) is 11.2 Å². The summed E-state index contributed by atoms with van der Waals surface area (Å²) in [5, 5.41) is 0. The molecule has 0 bridgehead atoms. The summed E-state index contributed by atoms with van der Waals surface area (Å²) in [7, 11) is -1.65. The van der Waals surface area contributed by atoms with Crippen molar-refractivity contribution in [2.45, 2.75) is 24.9 Å². The largest absolute Gasteiger partial charge is 0.310 e. The molecule has 1 rings (SSSR count). The Bertz CT molecular complexity index is 89.7. The van der Waals surface area contributed by atoms with E-state index in [1.165, 1.54) is 6.42 Å². The van der Waals surface area contributed by atoms with Crippen LogP contribution < -0.4 is 0 Å². The second-order valence-electron chi connectivity index (χ2n) is 1.93. The van der Waals surface area contributed by atoms with Gasteiger partial charge in [-0.05, 0) is 12.8 Å². The first-order valence-electron chi connectivity index (χ1n) is 2.50. The highest BCUT2D eigenvalue weighted by Crippen LogP contribution is 2.44. The number of hydrogen-bond donors (Lipinski definition) is 0. The van der Waals surface area contributed by atoms with Gasteiger partial charge in [-0.3, -0.25) is 0 Å². The van der Waals surface area contributed by atoms with Crippen LogP contribution in [0.2, 0.25) is 0 Å². The Labute approximate surface area is 48.6 Å². The Hall–Kier alpha value is 0.520. The molecule has 42 valence electrons. The lowest BCUT2D eigenvalue weighted by molar-refractivity contribution is 0.493. The summed E-state index contributed by atoms with van der Waals surface area (Å²) in [5.41, 5.74) is 0.395. The van der Waals surface area contributed by atoms with Gasteiger partial charge in [0.05, 0.1) is 0 Å². The standard InChI is InChI=1S/C4H8ClOP/c5-7(6)4-2-1-3-4/h4,7H,1-3H2. The molecule has 3 heteroatoms. The molecule has 0 aromatic rings. The molecule has 0 aromatic heterocycles. The van der Waals surface area contributed by atoms with Gasteiger partial charge >= 0.3 is 0 Å². The van der Waals surface area contributed by atoms with E-state index in [0.29, 0.717) is 5.66 Å². The minimum atomic E-state index is -1.65. The van der Waals surface area contributed by atoms with Gasteiger partial charge in [0.15, 0.2) is 7.15 Å². The summed E-state index contributed by atoms with van der Waals surface area (Å²) in [4.78, 5) is 0. The number of halogens is 1. The molecule has 1 unspecified atom stereocenters. The second-order valence-corrected chi connectivity index (χ2v) is 4.47. The zero-order valence-electron chi connectivity index (χ0n) is 3.98. The smallest absolute Gasteiger partial charge is 0.161 e. The molecular weight excluding hydrogens is 130 g/mol. The van der Waals surface area contributed by atoms with E-state index in [1.54, 1.807) is 0 Å². The maximum Gasteiger partial charge on any atom is 0.161 e. The molecule has 0 saturated heterocycles. The van der Waals surface area contributed by atoms with Crippen LogP contribution in [-0.4, -0.2) is 5.66 Å². The molecule has 0 spiro atoms. The maximum absolute atomic E-state index is 10.4. The lowest BCUT2D eigenvalue weighted by Crippen LogP contribution is -2.10. The molecule has 0 N–H and O–H groups in total. The Morgan fingerprint density at radius 2 is 2.14 bits per heavy atom. The van der Waals surface area contributed by atoms with Crippen molar-refractivity contribution in [1.82, 2.24) is 0 Å².